The Bertz CT molecular complexity index is 114. The molecule has 0 saturated heterocycles. The summed E-state index contributed by atoms with van der Waals surface area (Å²) in [6.07, 6.45) is 6.13. The van der Waals surface area contributed by atoms with E-state index in [0.717, 1.165) is 12.8 Å². The fourth-order valence-electron chi connectivity index (χ4n) is 0.932. The second-order valence-corrected chi connectivity index (χ2v) is 2.65. The Balaban J connectivity index is -0.000000500. The Morgan fingerprint density at radius 1 is 1.33 bits per heavy atom. The van der Waals surface area contributed by atoms with Crippen LogP contribution in [0.1, 0.15) is 46.9 Å². The van der Waals surface area contributed by atoms with Crippen molar-refractivity contribution in [1.82, 2.24) is 0 Å². The van der Waals surface area contributed by atoms with Crippen LogP contribution in [-0.4, -0.2) is 5.97 Å². The predicted octanol–water partition coefficient (Wildman–Crippen LogP) is -1.12. The molecule has 2 N–H and O–H groups in total. The maximum absolute atomic E-state index is 10.5. The van der Waals surface area contributed by atoms with Crippen molar-refractivity contribution in [3.05, 3.63) is 0 Å². The van der Waals surface area contributed by atoms with Crippen molar-refractivity contribution in [2.75, 3.05) is 0 Å². The standard InChI is InChI=1S/C8H17NO2.Na.H/c1-2-3-4-5-6-7-8(10)11-9;;/h2-7,9H2,1H3;;/q;+1;-1. The van der Waals surface area contributed by atoms with Crippen LogP contribution in [0.5, 0.6) is 0 Å². The quantitative estimate of drug-likeness (QED) is 0.322. The van der Waals surface area contributed by atoms with Crippen LogP contribution in [0, 0.1) is 0 Å². The zero-order valence-electron chi connectivity index (χ0n) is 9.14. The van der Waals surface area contributed by atoms with Crippen molar-refractivity contribution < 1.29 is 40.6 Å². The van der Waals surface area contributed by atoms with Gasteiger partial charge in [-0.3, -0.25) is 4.79 Å². The minimum atomic E-state index is -0.304. The van der Waals surface area contributed by atoms with Gasteiger partial charge in [-0.05, 0) is 6.42 Å². The van der Waals surface area contributed by atoms with Gasteiger partial charge >= 0.3 is 35.5 Å². The summed E-state index contributed by atoms with van der Waals surface area (Å²) in [6.45, 7) is 2.16. The monoisotopic (exact) mass is 183 g/mol. The van der Waals surface area contributed by atoms with Gasteiger partial charge in [0.15, 0.2) is 0 Å². The van der Waals surface area contributed by atoms with Gasteiger partial charge in [-0.15, -0.1) is 0 Å². The molecule has 0 unspecified atom stereocenters. The first-order chi connectivity index (χ1) is 5.31. The summed E-state index contributed by atoms with van der Waals surface area (Å²) in [7, 11) is 0. The average molecular weight is 183 g/mol. The second kappa shape index (κ2) is 11.4. The first kappa shape index (κ1) is 14.9. The third-order valence-corrected chi connectivity index (χ3v) is 1.62. The Hall–Kier alpha value is 0.430. The van der Waals surface area contributed by atoms with Gasteiger partial charge in [0.2, 0.25) is 0 Å². The summed E-state index contributed by atoms with van der Waals surface area (Å²) in [4.78, 5) is 14.5. The van der Waals surface area contributed by atoms with Gasteiger partial charge in [-0.1, -0.05) is 32.6 Å². The average Bonchev–Trinajstić information content (AvgIpc) is 2.04. The van der Waals surface area contributed by atoms with Gasteiger partial charge in [0.25, 0.3) is 0 Å². The molecule has 0 rings (SSSR count). The topological polar surface area (TPSA) is 52.3 Å². The number of rotatable bonds is 6. The molecule has 0 fully saturated rings. The molecule has 0 bridgehead atoms. The molecule has 0 atom stereocenters. The summed E-state index contributed by atoms with van der Waals surface area (Å²) >= 11 is 0. The summed E-state index contributed by atoms with van der Waals surface area (Å²) in [5, 5.41) is 0. The van der Waals surface area contributed by atoms with Crippen LogP contribution in [0.3, 0.4) is 0 Å². The van der Waals surface area contributed by atoms with E-state index in [1.165, 1.54) is 19.3 Å². The number of unbranched alkanes of at least 4 members (excludes halogenated alkanes) is 4. The van der Waals surface area contributed by atoms with Crippen molar-refractivity contribution in [1.29, 1.82) is 0 Å². The maximum Gasteiger partial charge on any atom is 1.00 e. The normalized spacial score (nSPS) is 8.83. The van der Waals surface area contributed by atoms with E-state index in [1.807, 2.05) is 0 Å². The molecule has 0 saturated carbocycles. The van der Waals surface area contributed by atoms with E-state index in [1.54, 1.807) is 0 Å². The van der Waals surface area contributed by atoms with Gasteiger partial charge < -0.3 is 6.26 Å². The number of nitrogens with two attached hydrogens (primary N) is 1. The van der Waals surface area contributed by atoms with E-state index in [2.05, 4.69) is 17.7 Å². The molecule has 0 aromatic rings. The third-order valence-electron chi connectivity index (χ3n) is 1.62. The Kier molecular flexibility index (Phi) is 14.2. The Morgan fingerprint density at radius 2 is 1.92 bits per heavy atom. The second-order valence-electron chi connectivity index (χ2n) is 2.65. The molecular formula is C8H18NNaO2. The third kappa shape index (κ3) is 10.4. The molecule has 68 valence electrons. The Morgan fingerprint density at radius 3 is 2.42 bits per heavy atom. The van der Waals surface area contributed by atoms with Crippen LogP contribution < -0.4 is 35.5 Å². The zero-order chi connectivity index (χ0) is 8.53. The van der Waals surface area contributed by atoms with Gasteiger partial charge in [-0.2, -0.15) is 5.90 Å². The maximum atomic E-state index is 10.5. The van der Waals surface area contributed by atoms with E-state index in [-0.39, 0.29) is 37.0 Å². The van der Waals surface area contributed by atoms with Crippen molar-refractivity contribution in [3.63, 3.8) is 0 Å². The number of hydrogen-bond acceptors (Lipinski definition) is 3. The molecular weight excluding hydrogens is 165 g/mol. The molecule has 12 heavy (non-hydrogen) atoms. The van der Waals surface area contributed by atoms with Gasteiger partial charge in [0.05, 0.1) is 0 Å². The molecule has 0 heterocycles. The van der Waals surface area contributed by atoms with Crippen LogP contribution in [0.15, 0.2) is 0 Å². The minimum absolute atomic E-state index is 0. The van der Waals surface area contributed by atoms with E-state index in [9.17, 15) is 4.79 Å². The summed E-state index contributed by atoms with van der Waals surface area (Å²) in [6, 6.07) is 0. The summed E-state index contributed by atoms with van der Waals surface area (Å²) in [5.41, 5.74) is 0. The van der Waals surface area contributed by atoms with Crippen LogP contribution in [0.2, 0.25) is 0 Å². The van der Waals surface area contributed by atoms with Crippen molar-refractivity contribution in [2.24, 2.45) is 5.90 Å². The molecule has 3 nitrogen and oxygen atoms in total. The van der Waals surface area contributed by atoms with E-state index < -0.39 is 0 Å². The van der Waals surface area contributed by atoms with Gasteiger partial charge in [0.1, 0.15) is 0 Å². The molecule has 0 aromatic heterocycles. The summed E-state index contributed by atoms with van der Waals surface area (Å²) < 4.78 is 0. The van der Waals surface area contributed by atoms with Crippen LogP contribution in [0.25, 0.3) is 0 Å². The number of carbonyl (C=O) groups is 1. The number of carbonyl (C=O) groups excluding carboxylic acids is 1. The van der Waals surface area contributed by atoms with Crippen LogP contribution >= 0.6 is 0 Å². The SMILES string of the molecule is CCCCCCCC(=O)ON.[H-].[Na+]. The molecule has 0 spiro atoms. The van der Waals surface area contributed by atoms with E-state index in [4.69, 9.17) is 0 Å². The molecule has 4 heteroatoms. The largest absolute Gasteiger partial charge is 1.00 e. The first-order valence-electron chi connectivity index (χ1n) is 4.20. The minimum Gasteiger partial charge on any atom is -1.00 e. The van der Waals surface area contributed by atoms with Crippen LogP contribution in [0.4, 0.5) is 0 Å². The van der Waals surface area contributed by atoms with Crippen molar-refractivity contribution >= 4 is 5.97 Å². The van der Waals surface area contributed by atoms with E-state index in [0.29, 0.717) is 6.42 Å². The molecule has 0 aliphatic rings. The fraction of sp³-hybridized carbons (Fsp3) is 0.875. The zero-order valence-corrected chi connectivity index (χ0v) is 10.1. The van der Waals surface area contributed by atoms with Gasteiger partial charge in [-0.25, -0.2) is 0 Å². The number of hydrogen-bond donors (Lipinski definition) is 1. The first-order valence-corrected chi connectivity index (χ1v) is 4.20. The fourth-order valence-corrected chi connectivity index (χ4v) is 0.932. The smallest absolute Gasteiger partial charge is 1.00 e. The Labute approximate surface area is 97.8 Å². The van der Waals surface area contributed by atoms with Crippen molar-refractivity contribution in [2.45, 2.75) is 45.4 Å². The molecule has 0 radical (unpaired) electrons. The van der Waals surface area contributed by atoms with Crippen LogP contribution in [-0.2, 0) is 9.63 Å². The van der Waals surface area contributed by atoms with Gasteiger partial charge in [0, 0.05) is 6.42 Å². The van der Waals surface area contributed by atoms with E-state index >= 15 is 0 Å². The molecule has 0 aliphatic heterocycles. The molecule has 0 aromatic carbocycles. The van der Waals surface area contributed by atoms with Crippen molar-refractivity contribution in [3.8, 4) is 0 Å². The molecule has 0 amide bonds. The predicted molar refractivity (Wildman–Crippen MR) is 44.8 cm³/mol. The molecule has 0 aliphatic carbocycles. The summed E-state index contributed by atoms with van der Waals surface area (Å²) in [5.74, 6) is 4.36.